The van der Waals surface area contributed by atoms with Gasteiger partial charge in [-0.1, -0.05) is 11.6 Å². The third kappa shape index (κ3) is 3.30. The summed E-state index contributed by atoms with van der Waals surface area (Å²) in [6, 6.07) is 9.10. The first-order valence-corrected chi connectivity index (χ1v) is 11.0. The Morgan fingerprint density at radius 1 is 1.21 bits per heavy atom. The minimum atomic E-state index is 0.0241. The highest BCUT2D eigenvalue weighted by Gasteiger charge is 2.35. The predicted molar refractivity (Wildman–Crippen MR) is 114 cm³/mol. The van der Waals surface area contributed by atoms with E-state index in [1.54, 1.807) is 11.3 Å². The first kappa shape index (κ1) is 18.4. The summed E-state index contributed by atoms with van der Waals surface area (Å²) >= 11 is 8.01. The van der Waals surface area contributed by atoms with E-state index < -0.39 is 0 Å². The van der Waals surface area contributed by atoms with Crippen molar-refractivity contribution in [1.29, 1.82) is 0 Å². The van der Waals surface area contributed by atoms with Crippen molar-refractivity contribution < 1.29 is 9.84 Å². The number of hydrogen-bond donors (Lipinski definition) is 2. The number of thiophene rings is 1. The molecule has 1 aromatic carbocycles. The maximum absolute atomic E-state index is 9.55. The van der Waals surface area contributed by atoms with Crippen molar-refractivity contribution in [2.45, 2.75) is 57.4 Å². The van der Waals surface area contributed by atoms with Crippen LogP contribution in [0.15, 0.2) is 30.5 Å². The Balaban J connectivity index is 1.59. The lowest BCUT2D eigenvalue weighted by Crippen LogP contribution is -2.42. The molecule has 3 aromatic rings. The Kier molecular flexibility index (Phi) is 4.79. The molecule has 6 heteroatoms. The molecule has 4 heterocycles. The van der Waals surface area contributed by atoms with Crippen molar-refractivity contribution in [3.8, 4) is 16.9 Å². The fraction of sp³-hybridized carbons (Fsp3) is 0.409. The highest BCUT2D eigenvalue weighted by molar-refractivity contribution is 7.19. The van der Waals surface area contributed by atoms with Crippen LogP contribution in [0.1, 0.15) is 36.1 Å². The van der Waals surface area contributed by atoms with E-state index in [1.807, 2.05) is 30.5 Å². The summed E-state index contributed by atoms with van der Waals surface area (Å²) in [5, 5.41) is 13.9. The molecule has 0 saturated carbocycles. The molecule has 2 aliphatic heterocycles. The molecule has 28 heavy (non-hydrogen) atoms. The lowest BCUT2D eigenvalue weighted by molar-refractivity contribution is 0.137. The Morgan fingerprint density at radius 2 is 2.00 bits per heavy atom. The summed E-state index contributed by atoms with van der Waals surface area (Å²) in [6.07, 6.45) is 6.65. The van der Waals surface area contributed by atoms with Crippen LogP contribution in [0, 0.1) is 6.92 Å². The summed E-state index contributed by atoms with van der Waals surface area (Å²) in [5.41, 5.74) is 4.02. The highest BCUT2D eigenvalue weighted by Crippen LogP contribution is 2.42. The average molecular weight is 415 g/mol. The third-order valence-electron chi connectivity index (χ3n) is 5.86. The first-order chi connectivity index (χ1) is 13.6. The molecule has 2 aliphatic rings. The minimum absolute atomic E-state index is 0.0241. The van der Waals surface area contributed by atoms with Crippen molar-refractivity contribution in [3.05, 3.63) is 45.9 Å². The number of aromatic nitrogens is 1. The van der Waals surface area contributed by atoms with Crippen LogP contribution < -0.4 is 10.1 Å². The number of fused-ring (bicyclic) bond motifs is 3. The number of aryl methyl sites for hydroxylation is 1. The van der Waals surface area contributed by atoms with Crippen LogP contribution in [-0.2, 0) is 6.61 Å². The fourth-order valence-corrected chi connectivity index (χ4v) is 5.91. The van der Waals surface area contributed by atoms with E-state index in [2.05, 4.69) is 17.2 Å². The van der Waals surface area contributed by atoms with E-state index in [4.69, 9.17) is 16.3 Å². The molecule has 2 fully saturated rings. The number of hydrogen-bond acceptors (Lipinski definition) is 5. The lowest BCUT2D eigenvalue weighted by Gasteiger charge is -2.31. The van der Waals surface area contributed by atoms with Gasteiger partial charge < -0.3 is 15.2 Å². The Hall–Kier alpha value is -1.66. The highest BCUT2D eigenvalue weighted by atomic mass is 35.5. The van der Waals surface area contributed by atoms with Crippen LogP contribution in [0.3, 0.4) is 0 Å². The van der Waals surface area contributed by atoms with Gasteiger partial charge in [0.25, 0.3) is 0 Å². The Bertz CT molecular complexity index is 1020. The van der Waals surface area contributed by atoms with E-state index >= 15 is 0 Å². The fourth-order valence-electron chi connectivity index (χ4n) is 4.63. The minimum Gasteiger partial charge on any atom is -0.489 e. The number of benzene rings is 1. The number of nitrogens with one attached hydrogen (secondary N) is 1. The molecule has 2 unspecified atom stereocenters. The molecule has 5 rings (SSSR count). The van der Waals surface area contributed by atoms with Crippen LogP contribution in [0.5, 0.6) is 5.75 Å². The number of pyridine rings is 1. The largest absolute Gasteiger partial charge is 0.489 e. The molecular weight excluding hydrogens is 392 g/mol. The molecule has 2 aromatic heterocycles. The molecule has 0 spiro atoms. The summed E-state index contributed by atoms with van der Waals surface area (Å²) in [4.78, 5) is 5.38. The summed E-state index contributed by atoms with van der Waals surface area (Å²) < 4.78 is 7.68. The van der Waals surface area contributed by atoms with Crippen LogP contribution in [-0.4, -0.2) is 28.3 Å². The van der Waals surface area contributed by atoms with E-state index in [0.717, 1.165) is 50.4 Å². The normalized spacial score (nSPS) is 24.0. The van der Waals surface area contributed by atoms with Crippen LogP contribution in [0.25, 0.3) is 21.3 Å². The van der Waals surface area contributed by atoms with Gasteiger partial charge >= 0.3 is 0 Å². The zero-order valence-electron chi connectivity index (χ0n) is 15.7. The monoisotopic (exact) mass is 414 g/mol. The van der Waals surface area contributed by atoms with Crippen molar-refractivity contribution in [2.24, 2.45) is 0 Å². The lowest BCUT2D eigenvalue weighted by atomic mass is 10.00. The Labute approximate surface area is 173 Å². The van der Waals surface area contributed by atoms with Gasteiger partial charge in [-0.3, -0.25) is 4.98 Å². The predicted octanol–water partition coefficient (Wildman–Crippen LogP) is 5.08. The van der Waals surface area contributed by atoms with Gasteiger partial charge in [0.05, 0.1) is 16.8 Å². The quantitative estimate of drug-likeness (QED) is 0.625. The van der Waals surface area contributed by atoms with E-state index in [0.29, 0.717) is 17.1 Å². The van der Waals surface area contributed by atoms with Gasteiger partial charge in [0.15, 0.2) is 0 Å². The standard InChI is InChI=1S/C22H23ClN2O2S/c1-12-6-13(23)7-19(18-4-5-24-20-10-17(11-26)28-22(18)20)21(12)27-16-8-14-2-3-15(9-16)25-14/h4-7,10,14-16,25-26H,2-3,8-9,11H2,1H3. The number of piperidine rings is 1. The first-order valence-electron chi connectivity index (χ1n) is 9.82. The zero-order chi connectivity index (χ0) is 19.3. The molecule has 2 atom stereocenters. The van der Waals surface area contributed by atoms with Gasteiger partial charge in [0.1, 0.15) is 11.9 Å². The molecule has 2 bridgehead atoms. The van der Waals surface area contributed by atoms with E-state index in [-0.39, 0.29) is 12.7 Å². The van der Waals surface area contributed by atoms with Crippen molar-refractivity contribution >= 4 is 33.2 Å². The smallest absolute Gasteiger partial charge is 0.130 e. The molecule has 0 amide bonds. The molecule has 0 aliphatic carbocycles. The molecular formula is C22H23ClN2O2S. The average Bonchev–Trinajstić information content (AvgIpc) is 3.26. The third-order valence-corrected chi connectivity index (χ3v) is 7.22. The van der Waals surface area contributed by atoms with E-state index in [1.165, 1.54) is 12.8 Å². The maximum Gasteiger partial charge on any atom is 0.130 e. The van der Waals surface area contributed by atoms with Crippen LogP contribution in [0.2, 0.25) is 5.02 Å². The van der Waals surface area contributed by atoms with Crippen molar-refractivity contribution in [1.82, 2.24) is 10.3 Å². The van der Waals surface area contributed by atoms with Crippen LogP contribution >= 0.6 is 22.9 Å². The number of rotatable bonds is 4. The van der Waals surface area contributed by atoms with Gasteiger partial charge in [-0.2, -0.15) is 0 Å². The van der Waals surface area contributed by atoms with Gasteiger partial charge in [-0.25, -0.2) is 0 Å². The Morgan fingerprint density at radius 3 is 2.75 bits per heavy atom. The second-order valence-corrected chi connectivity index (χ2v) is 9.47. The molecule has 146 valence electrons. The molecule has 2 N–H and O–H groups in total. The molecule has 4 nitrogen and oxygen atoms in total. The number of aliphatic hydroxyl groups excluding tert-OH is 1. The maximum atomic E-state index is 9.55. The van der Waals surface area contributed by atoms with Gasteiger partial charge in [0, 0.05) is 39.3 Å². The molecule has 0 radical (unpaired) electrons. The SMILES string of the molecule is Cc1cc(Cl)cc(-c2ccnc3cc(CO)sc23)c1OC1CC2CCC(C1)N2. The summed E-state index contributed by atoms with van der Waals surface area (Å²) in [7, 11) is 0. The van der Waals surface area contributed by atoms with Gasteiger partial charge in [0.2, 0.25) is 0 Å². The second kappa shape index (κ2) is 7.30. The number of halogens is 1. The summed E-state index contributed by atoms with van der Waals surface area (Å²) in [5.74, 6) is 0.919. The zero-order valence-corrected chi connectivity index (χ0v) is 17.3. The van der Waals surface area contributed by atoms with Crippen molar-refractivity contribution in [2.75, 3.05) is 0 Å². The van der Waals surface area contributed by atoms with Crippen molar-refractivity contribution in [3.63, 3.8) is 0 Å². The van der Waals surface area contributed by atoms with Crippen LogP contribution in [0.4, 0.5) is 0 Å². The number of nitrogens with zero attached hydrogens (tertiary/aromatic N) is 1. The summed E-state index contributed by atoms with van der Waals surface area (Å²) in [6.45, 7) is 2.09. The topological polar surface area (TPSA) is 54.4 Å². The molecule has 2 saturated heterocycles. The van der Waals surface area contributed by atoms with E-state index in [9.17, 15) is 5.11 Å². The van der Waals surface area contributed by atoms with Gasteiger partial charge in [-0.05, 0) is 62.4 Å². The van der Waals surface area contributed by atoms with Gasteiger partial charge in [-0.15, -0.1) is 11.3 Å². The second-order valence-electron chi connectivity index (χ2n) is 7.89. The number of ether oxygens (including phenoxy) is 1. The number of aliphatic hydroxyl groups is 1.